The summed E-state index contributed by atoms with van der Waals surface area (Å²) in [5.74, 6) is 0.549. The third kappa shape index (κ3) is 3.92. The molecule has 1 unspecified atom stereocenters. The molecule has 0 radical (unpaired) electrons. The van der Waals surface area contributed by atoms with Crippen LogP contribution in [0.1, 0.15) is 18.6 Å². The number of amides is 1. The monoisotopic (exact) mass is 320 g/mol. The van der Waals surface area contributed by atoms with Crippen molar-refractivity contribution in [1.29, 1.82) is 0 Å². The number of hydrogen-bond donors (Lipinski definition) is 1. The molecular weight excluding hydrogens is 296 g/mol. The lowest BCUT2D eigenvalue weighted by atomic mass is 9.96. The van der Waals surface area contributed by atoms with Gasteiger partial charge in [-0.2, -0.15) is 0 Å². The van der Waals surface area contributed by atoms with Crippen LogP contribution in [0.15, 0.2) is 28.0 Å². The number of hydrogen-bond acceptors (Lipinski definition) is 6. The van der Waals surface area contributed by atoms with Gasteiger partial charge in [0.2, 0.25) is 0 Å². The van der Waals surface area contributed by atoms with E-state index in [1.807, 2.05) is 6.07 Å². The third-order valence-corrected chi connectivity index (χ3v) is 4.36. The Morgan fingerprint density at radius 2 is 2.39 bits per heavy atom. The molecule has 3 heterocycles. The number of furan rings is 1. The van der Waals surface area contributed by atoms with Gasteiger partial charge in [0.15, 0.2) is 5.60 Å². The van der Waals surface area contributed by atoms with E-state index in [2.05, 4.69) is 34.4 Å². The Morgan fingerprint density at radius 1 is 1.52 bits per heavy atom. The van der Waals surface area contributed by atoms with Gasteiger partial charge in [-0.15, -0.1) is 0 Å². The highest BCUT2D eigenvalue weighted by molar-refractivity contribution is 6.39. The van der Waals surface area contributed by atoms with Crippen LogP contribution in [-0.2, 0) is 16.2 Å². The SMILES string of the molecule is CN(C)CCN1CCC2(CC(C(=O)NCc3ccco3)=NO2)C1. The van der Waals surface area contributed by atoms with Crippen molar-refractivity contribution in [2.75, 3.05) is 40.3 Å². The van der Waals surface area contributed by atoms with E-state index in [1.165, 1.54) is 0 Å². The highest BCUT2D eigenvalue weighted by Gasteiger charge is 2.46. The molecule has 23 heavy (non-hydrogen) atoms. The molecule has 1 fully saturated rings. The standard InChI is InChI=1S/C16H24N4O3/c1-19(2)7-8-20-6-5-16(12-20)10-14(18-23-16)15(21)17-11-13-4-3-9-22-13/h3-4,9H,5-8,10-12H2,1-2H3,(H,17,21). The fourth-order valence-corrected chi connectivity index (χ4v) is 3.00. The first kappa shape index (κ1) is 16.0. The first-order valence-corrected chi connectivity index (χ1v) is 7.99. The summed E-state index contributed by atoms with van der Waals surface area (Å²) in [5, 5.41) is 6.86. The van der Waals surface area contributed by atoms with Gasteiger partial charge in [-0.25, -0.2) is 0 Å². The summed E-state index contributed by atoms with van der Waals surface area (Å²) < 4.78 is 5.20. The lowest BCUT2D eigenvalue weighted by Gasteiger charge is -2.22. The quantitative estimate of drug-likeness (QED) is 0.834. The van der Waals surface area contributed by atoms with Crippen LogP contribution in [0.4, 0.5) is 0 Å². The van der Waals surface area contributed by atoms with Crippen molar-refractivity contribution in [2.45, 2.75) is 25.0 Å². The molecule has 1 aromatic rings. The van der Waals surface area contributed by atoms with E-state index in [4.69, 9.17) is 9.25 Å². The predicted molar refractivity (Wildman–Crippen MR) is 86.0 cm³/mol. The van der Waals surface area contributed by atoms with E-state index in [0.717, 1.165) is 38.4 Å². The first-order chi connectivity index (χ1) is 11.1. The van der Waals surface area contributed by atoms with Crippen molar-refractivity contribution in [3.8, 4) is 0 Å². The zero-order chi connectivity index (χ0) is 16.3. The molecule has 1 N–H and O–H groups in total. The minimum Gasteiger partial charge on any atom is -0.467 e. The zero-order valence-corrected chi connectivity index (χ0v) is 13.7. The largest absolute Gasteiger partial charge is 0.467 e. The Bertz CT molecular complexity index is 570. The smallest absolute Gasteiger partial charge is 0.269 e. The number of nitrogens with one attached hydrogen (secondary N) is 1. The summed E-state index contributed by atoms with van der Waals surface area (Å²) in [7, 11) is 4.14. The van der Waals surface area contributed by atoms with E-state index in [0.29, 0.717) is 18.7 Å². The van der Waals surface area contributed by atoms with Gasteiger partial charge in [-0.3, -0.25) is 9.69 Å². The lowest BCUT2D eigenvalue weighted by Crippen LogP contribution is -2.38. The minimum absolute atomic E-state index is 0.176. The van der Waals surface area contributed by atoms with Crippen molar-refractivity contribution in [3.05, 3.63) is 24.2 Å². The minimum atomic E-state index is -0.316. The second-order valence-electron chi connectivity index (χ2n) is 6.58. The molecule has 1 atom stereocenters. The van der Waals surface area contributed by atoms with Crippen LogP contribution in [0, 0.1) is 0 Å². The summed E-state index contributed by atoms with van der Waals surface area (Å²) in [5.41, 5.74) is 0.162. The number of rotatable bonds is 6. The van der Waals surface area contributed by atoms with Crippen molar-refractivity contribution in [1.82, 2.24) is 15.1 Å². The van der Waals surface area contributed by atoms with Gasteiger partial charge in [0.25, 0.3) is 5.91 Å². The van der Waals surface area contributed by atoms with Gasteiger partial charge < -0.3 is 19.5 Å². The molecule has 1 amide bonds. The Balaban J connectivity index is 1.47. The van der Waals surface area contributed by atoms with Crippen LogP contribution in [0.25, 0.3) is 0 Å². The van der Waals surface area contributed by atoms with Gasteiger partial charge in [0.05, 0.1) is 12.8 Å². The molecule has 7 heteroatoms. The average molecular weight is 320 g/mol. The molecule has 1 aromatic heterocycles. The lowest BCUT2D eigenvalue weighted by molar-refractivity contribution is -0.115. The molecule has 1 spiro atoms. The number of nitrogens with zero attached hydrogens (tertiary/aromatic N) is 3. The van der Waals surface area contributed by atoms with Gasteiger partial charge in [-0.05, 0) is 26.2 Å². The number of oxime groups is 1. The number of likely N-dealkylation sites (N-methyl/N-ethyl adjacent to an activating group) is 1. The fraction of sp³-hybridized carbons (Fsp3) is 0.625. The summed E-state index contributed by atoms with van der Waals surface area (Å²) >= 11 is 0. The molecule has 2 aliphatic rings. The molecule has 126 valence electrons. The Kier molecular flexibility index (Phi) is 4.68. The highest BCUT2D eigenvalue weighted by Crippen LogP contribution is 2.33. The second kappa shape index (κ2) is 6.72. The first-order valence-electron chi connectivity index (χ1n) is 7.99. The van der Waals surface area contributed by atoms with E-state index in [9.17, 15) is 4.79 Å². The maximum Gasteiger partial charge on any atom is 0.269 e. The van der Waals surface area contributed by atoms with Crippen molar-refractivity contribution in [3.63, 3.8) is 0 Å². The normalized spacial score (nSPS) is 24.2. The van der Waals surface area contributed by atoms with Crippen LogP contribution >= 0.6 is 0 Å². The molecular formula is C16H24N4O3. The third-order valence-electron chi connectivity index (χ3n) is 4.36. The molecule has 2 aliphatic heterocycles. The summed E-state index contributed by atoms with van der Waals surface area (Å²) in [6.07, 6.45) is 3.09. The maximum atomic E-state index is 12.2. The van der Waals surface area contributed by atoms with Crippen molar-refractivity contribution < 1.29 is 14.0 Å². The van der Waals surface area contributed by atoms with E-state index in [-0.39, 0.29) is 11.5 Å². The summed E-state index contributed by atoms with van der Waals surface area (Å²) in [6.45, 7) is 4.22. The molecule has 0 bridgehead atoms. The summed E-state index contributed by atoms with van der Waals surface area (Å²) in [4.78, 5) is 22.4. The average Bonchev–Trinajstić information content (AvgIpc) is 3.25. The van der Waals surface area contributed by atoms with E-state index >= 15 is 0 Å². The van der Waals surface area contributed by atoms with E-state index in [1.54, 1.807) is 12.3 Å². The van der Waals surface area contributed by atoms with Crippen LogP contribution in [0.3, 0.4) is 0 Å². The molecule has 0 saturated carbocycles. The Morgan fingerprint density at radius 3 is 3.13 bits per heavy atom. The predicted octanol–water partition coefficient (Wildman–Crippen LogP) is 0.678. The number of likely N-dealkylation sites (tertiary alicyclic amines) is 1. The van der Waals surface area contributed by atoms with Gasteiger partial charge in [0.1, 0.15) is 11.5 Å². The highest BCUT2D eigenvalue weighted by atomic mass is 16.7. The number of carbonyl (C=O) groups excluding carboxylic acids is 1. The molecule has 3 rings (SSSR count). The van der Waals surface area contributed by atoms with Crippen LogP contribution < -0.4 is 5.32 Å². The fourth-order valence-electron chi connectivity index (χ4n) is 3.00. The van der Waals surface area contributed by atoms with Crippen LogP contribution in [0.2, 0.25) is 0 Å². The maximum absolute atomic E-state index is 12.2. The second-order valence-corrected chi connectivity index (χ2v) is 6.58. The molecule has 1 saturated heterocycles. The van der Waals surface area contributed by atoms with E-state index < -0.39 is 0 Å². The van der Waals surface area contributed by atoms with Gasteiger partial charge in [0, 0.05) is 39.0 Å². The van der Waals surface area contributed by atoms with Crippen LogP contribution in [-0.4, -0.2) is 67.3 Å². The zero-order valence-electron chi connectivity index (χ0n) is 13.7. The molecule has 0 aliphatic carbocycles. The molecule has 7 nitrogen and oxygen atoms in total. The Hall–Kier alpha value is -1.86. The summed E-state index contributed by atoms with van der Waals surface area (Å²) in [6, 6.07) is 3.63. The Labute approximate surface area is 136 Å². The van der Waals surface area contributed by atoms with Crippen molar-refractivity contribution in [2.24, 2.45) is 5.16 Å². The molecule has 0 aromatic carbocycles. The van der Waals surface area contributed by atoms with Gasteiger partial charge in [-0.1, -0.05) is 5.16 Å². The van der Waals surface area contributed by atoms with Crippen LogP contribution in [0.5, 0.6) is 0 Å². The number of carbonyl (C=O) groups is 1. The van der Waals surface area contributed by atoms with Gasteiger partial charge >= 0.3 is 0 Å². The van der Waals surface area contributed by atoms with Crippen molar-refractivity contribution >= 4 is 11.6 Å². The topological polar surface area (TPSA) is 70.3 Å².